The number of hydrogen-bond acceptors (Lipinski definition) is 4. The molecule has 2 aliphatic carbocycles. The molecule has 2 atom stereocenters. The maximum Gasteiger partial charge on any atom is 0.226 e. The van der Waals surface area contributed by atoms with Gasteiger partial charge in [-0.25, -0.2) is 0 Å². The molecule has 328 valence electrons. The number of nitrogens with two attached hydrogens (primary N) is 2. The molecule has 0 saturated carbocycles. The van der Waals surface area contributed by atoms with Gasteiger partial charge in [-0.3, -0.25) is 9.59 Å². The lowest BCUT2D eigenvalue weighted by Crippen LogP contribution is -2.48. The van der Waals surface area contributed by atoms with Gasteiger partial charge in [0.1, 0.15) is 11.4 Å². The Morgan fingerprint density at radius 3 is 1.27 bits per heavy atom. The first-order chi connectivity index (χ1) is 30.4. The zero-order valence-corrected chi connectivity index (χ0v) is 39.4. The van der Waals surface area contributed by atoms with Gasteiger partial charge in [0.25, 0.3) is 0 Å². The number of nitrogen functional groups attached to an aromatic ring is 2. The van der Waals surface area contributed by atoms with Crippen molar-refractivity contribution in [3.63, 3.8) is 0 Å². The maximum absolute atomic E-state index is 13.7. The predicted molar refractivity (Wildman–Crippen MR) is 268 cm³/mol. The molecule has 0 aliphatic heterocycles. The smallest absolute Gasteiger partial charge is 0.226 e. The number of allylic oxidation sites excluding steroid dienone is 22. The van der Waals surface area contributed by atoms with Crippen LogP contribution in [0.15, 0.2) is 203 Å². The largest absolute Gasteiger partial charge is 0.393 e. The third-order valence-electron chi connectivity index (χ3n) is 12.7. The standard InChI is InChI=1S/C58H66N4O2/c1-39(21-17-23-41(3)29-31-49-43(5)55(63)53(33-57(49,7)8)61-35-45-25-13-15-27-47(45)51(59)37-61)19-11-12-20-40(2)22-18-24-42(4)30-32-50-44(6)56(64)54(34-58(50,9)10)62-36-46-26-14-16-28-48(46)52(60)38-62/h11-32,35-38,53-54H,33-34,59-60H2,1-10H3/q+2/b12-11+,21-17+,22-18+,31-29+,32-30+,39-19+,40-20+,41-23+,42-24+. The Kier molecular flexibility index (Phi) is 14.5. The van der Waals surface area contributed by atoms with E-state index in [4.69, 9.17) is 11.5 Å². The average Bonchev–Trinajstić information content (AvgIpc) is 3.24. The first-order valence-corrected chi connectivity index (χ1v) is 22.3. The molecule has 0 radical (unpaired) electrons. The topological polar surface area (TPSA) is 93.9 Å². The van der Waals surface area contributed by atoms with E-state index in [0.717, 1.165) is 66.1 Å². The quantitative estimate of drug-likeness (QED) is 0.110. The van der Waals surface area contributed by atoms with Gasteiger partial charge >= 0.3 is 0 Å². The van der Waals surface area contributed by atoms with Crippen LogP contribution in [0.3, 0.4) is 0 Å². The van der Waals surface area contributed by atoms with Crippen LogP contribution in [0.1, 0.15) is 94.2 Å². The van der Waals surface area contributed by atoms with Gasteiger partial charge in [-0.2, -0.15) is 9.13 Å². The number of pyridine rings is 2. The van der Waals surface area contributed by atoms with Crippen molar-refractivity contribution in [2.75, 3.05) is 11.5 Å². The van der Waals surface area contributed by atoms with Crippen molar-refractivity contribution in [1.82, 2.24) is 0 Å². The Morgan fingerprint density at radius 2 is 0.875 bits per heavy atom. The zero-order valence-electron chi connectivity index (χ0n) is 39.4. The van der Waals surface area contributed by atoms with Gasteiger partial charge in [-0.1, -0.05) is 171 Å². The molecule has 2 heterocycles. The lowest BCUT2D eigenvalue weighted by Gasteiger charge is -2.34. The van der Waals surface area contributed by atoms with Crippen LogP contribution >= 0.6 is 0 Å². The predicted octanol–water partition coefficient (Wildman–Crippen LogP) is 12.7. The number of hydrogen-bond donors (Lipinski definition) is 2. The summed E-state index contributed by atoms with van der Waals surface area (Å²) in [6.45, 7) is 21.1. The highest BCUT2D eigenvalue weighted by Crippen LogP contribution is 2.44. The van der Waals surface area contributed by atoms with Crippen LogP contribution in [0.4, 0.5) is 11.4 Å². The first kappa shape index (κ1) is 46.8. The number of fused-ring (bicyclic) bond motifs is 2. The molecule has 2 aromatic heterocycles. The molecular formula is C58H66N4O2+2. The van der Waals surface area contributed by atoms with Gasteiger partial charge in [0, 0.05) is 45.5 Å². The second-order valence-electron chi connectivity index (χ2n) is 18.9. The zero-order chi connectivity index (χ0) is 46.3. The molecule has 4 N–H and O–H groups in total. The van der Waals surface area contributed by atoms with Crippen LogP contribution in [0.25, 0.3) is 21.5 Å². The van der Waals surface area contributed by atoms with E-state index in [1.54, 1.807) is 0 Å². The van der Waals surface area contributed by atoms with Gasteiger partial charge in [0.15, 0.2) is 24.8 Å². The molecule has 0 amide bonds. The van der Waals surface area contributed by atoms with Crippen molar-refractivity contribution in [1.29, 1.82) is 0 Å². The molecule has 6 nitrogen and oxygen atoms in total. The normalized spacial score (nSPS) is 20.6. The molecule has 0 spiro atoms. The fourth-order valence-corrected chi connectivity index (χ4v) is 9.07. The molecule has 0 fully saturated rings. The van der Waals surface area contributed by atoms with Gasteiger partial charge < -0.3 is 11.5 Å². The minimum atomic E-state index is -0.297. The highest BCUT2D eigenvalue weighted by Gasteiger charge is 2.44. The average molecular weight is 851 g/mol. The molecule has 2 unspecified atom stereocenters. The number of ketones is 2. The Bertz CT molecular complexity index is 2650. The van der Waals surface area contributed by atoms with Crippen molar-refractivity contribution < 1.29 is 18.7 Å². The van der Waals surface area contributed by atoms with Crippen LogP contribution in [0, 0.1) is 10.8 Å². The van der Waals surface area contributed by atoms with Gasteiger partial charge in [0.05, 0.1) is 0 Å². The second kappa shape index (κ2) is 19.8. The Labute approximate surface area is 381 Å². The number of benzene rings is 2. The lowest BCUT2D eigenvalue weighted by molar-refractivity contribution is -0.709. The minimum absolute atomic E-state index is 0.136. The van der Waals surface area contributed by atoms with Crippen molar-refractivity contribution >= 4 is 44.5 Å². The summed E-state index contributed by atoms with van der Waals surface area (Å²) in [5.41, 5.74) is 22.0. The third kappa shape index (κ3) is 10.9. The highest BCUT2D eigenvalue weighted by atomic mass is 16.1. The number of anilines is 2. The van der Waals surface area contributed by atoms with Gasteiger partial charge in [0.2, 0.25) is 23.7 Å². The van der Waals surface area contributed by atoms with E-state index >= 15 is 0 Å². The number of carbonyl (C=O) groups is 2. The fraction of sp³-hybridized carbons (Fsp3) is 0.276. The summed E-state index contributed by atoms with van der Waals surface area (Å²) in [6.07, 6.45) is 38.5. The lowest BCUT2D eigenvalue weighted by atomic mass is 9.70. The number of Topliss-reactive ketones (excluding diaryl/α,β-unsaturated/α-hetero) is 2. The Balaban J connectivity index is 1.02. The van der Waals surface area contributed by atoms with Gasteiger partial charge in [-0.05, 0) is 75.7 Å². The number of rotatable bonds is 12. The summed E-state index contributed by atoms with van der Waals surface area (Å²) >= 11 is 0. The summed E-state index contributed by atoms with van der Waals surface area (Å²) < 4.78 is 4.01. The van der Waals surface area contributed by atoms with E-state index in [-0.39, 0.29) is 34.5 Å². The van der Waals surface area contributed by atoms with E-state index in [2.05, 4.69) is 128 Å². The number of nitrogens with zero attached hydrogens (tertiary/aromatic N) is 2. The summed E-state index contributed by atoms with van der Waals surface area (Å²) in [6, 6.07) is 15.5. The molecule has 64 heavy (non-hydrogen) atoms. The molecule has 0 bridgehead atoms. The van der Waals surface area contributed by atoms with Crippen molar-refractivity contribution in [3.8, 4) is 0 Å². The van der Waals surface area contributed by atoms with Crippen molar-refractivity contribution in [2.45, 2.75) is 94.2 Å². The monoisotopic (exact) mass is 851 g/mol. The summed E-state index contributed by atoms with van der Waals surface area (Å²) in [7, 11) is 0. The van der Waals surface area contributed by atoms with E-state index in [9.17, 15) is 9.59 Å². The van der Waals surface area contributed by atoms with Crippen LogP contribution < -0.4 is 20.6 Å². The second-order valence-corrected chi connectivity index (χ2v) is 18.9. The van der Waals surface area contributed by atoms with Crippen LogP contribution in [0.2, 0.25) is 0 Å². The van der Waals surface area contributed by atoms with Gasteiger partial charge in [-0.15, -0.1) is 0 Å². The SMILES string of the molecule is CC1=C(/C=C/C(C)=C/C=C/C(C)=C/C=C/C=C(C)/C=C/C=C(C)/C=C/C2=C(C)C(=O)C([n+]3cc(N)c4ccccc4c3)CC2(C)C)C(C)(C)CC([n+]2cc(N)c3ccccc3c2)C1=O. The highest BCUT2D eigenvalue weighted by molar-refractivity contribution is 6.00. The molecule has 4 aromatic rings. The fourth-order valence-electron chi connectivity index (χ4n) is 9.07. The number of carbonyl (C=O) groups excluding carboxylic acids is 2. The maximum atomic E-state index is 13.7. The summed E-state index contributed by atoms with van der Waals surface area (Å²) in [5.74, 6) is 0.272. The number of aromatic nitrogens is 2. The summed E-state index contributed by atoms with van der Waals surface area (Å²) in [4.78, 5) is 27.5. The van der Waals surface area contributed by atoms with Crippen molar-refractivity contribution in [3.05, 3.63) is 203 Å². The summed E-state index contributed by atoms with van der Waals surface area (Å²) in [5, 5.41) is 4.06. The molecule has 2 aromatic carbocycles. The van der Waals surface area contributed by atoms with Crippen LogP contribution in [-0.4, -0.2) is 11.6 Å². The molecule has 0 saturated heterocycles. The first-order valence-electron chi connectivity index (χ1n) is 22.3. The Hall–Kier alpha value is -6.66. The van der Waals surface area contributed by atoms with E-state index < -0.39 is 0 Å². The minimum Gasteiger partial charge on any atom is -0.393 e. The third-order valence-corrected chi connectivity index (χ3v) is 12.7. The van der Waals surface area contributed by atoms with E-state index in [1.165, 1.54) is 0 Å². The van der Waals surface area contributed by atoms with Crippen molar-refractivity contribution in [2.24, 2.45) is 10.8 Å². The van der Waals surface area contributed by atoms with Crippen LogP contribution in [-0.2, 0) is 9.59 Å². The van der Waals surface area contributed by atoms with Crippen LogP contribution in [0.5, 0.6) is 0 Å². The molecule has 2 aliphatic rings. The molecular weight excluding hydrogens is 785 g/mol. The van der Waals surface area contributed by atoms with E-state index in [0.29, 0.717) is 24.2 Å². The molecule has 6 rings (SSSR count). The Morgan fingerprint density at radius 1 is 0.531 bits per heavy atom. The molecule has 6 heteroatoms. The van der Waals surface area contributed by atoms with E-state index in [1.807, 2.05) is 108 Å².